The van der Waals surface area contributed by atoms with Gasteiger partial charge < -0.3 is 10.2 Å². The molecule has 0 radical (unpaired) electrons. The van der Waals surface area contributed by atoms with Gasteiger partial charge in [-0.05, 0) is 49.6 Å². The van der Waals surface area contributed by atoms with Crippen molar-refractivity contribution in [2.24, 2.45) is 5.92 Å². The average molecular weight is 376 g/mol. The Morgan fingerprint density at radius 1 is 1.00 bits per heavy atom. The Morgan fingerprint density at radius 2 is 1.70 bits per heavy atom. The van der Waals surface area contributed by atoms with E-state index in [9.17, 15) is 22.8 Å². The largest absolute Gasteiger partial charge is 0.339 e. The minimum absolute atomic E-state index is 0.186. The minimum Gasteiger partial charge on any atom is -0.339 e. The molecule has 2 amide bonds. The number of nitrogens with zero attached hydrogens (tertiary/aromatic N) is 1. The molecule has 2 aromatic rings. The SMILES string of the molecule is Cc1ccc(NC(=O)C2CCN(C(=O)c3ccc(F)cc3F)CC2)cc1F. The summed E-state index contributed by atoms with van der Waals surface area (Å²) in [6.07, 6.45) is 0.823. The number of carbonyl (C=O) groups is 2. The highest BCUT2D eigenvalue weighted by Crippen LogP contribution is 2.22. The predicted octanol–water partition coefficient (Wildman–Crippen LogP) is 3.90. The second kappa shape index (κ2) is 7.82. The van der Waals surface area contributed by atoms with Crippen LogP contribution in [-0.2, 0) is 4.79 Å². The van der Waals surface area contributed by atoms with Gasteiger partial charge in [0.05, 0.1) is 5.56 Å². The maximum atomic E-state index is 13.8. The van der Waals surface area contributed by atoms with Gasteiger partial charge in [-0.3, -0.25) is 9.59 Å². The van der Waals surface area contributed by atoms with E-state index in [-0.39, 0.29) is 30.5 Å². The van der Waals surface area contributed by atoms with E-state index in [1.54, 1.807) is 19.1 Å². The molecule has 1 aliphatic rings. The van der Waals surface area contributed by atoms with Gasteiger partial charge in [-0.2, -0.15) is 0 Å². The Labute approximate surface area is 155 Å². The molecule has 4 nitrogen and oxygen atoms in total. The molecule has 2 aromatic carbocycles. The van der Waals surface area contributed by atoms with Crippen molar-refractivity contribution in [3.05, 3.63) is 65.0 Å². The molecule has 7 heteroatoms. The number of piperidine rings is 1. The Balaban J connectivity index is 1.58. The summed E-state index contributed by atoms with van der Waals surface area (Å²) in [5.41, 5.74) is 0.692. The molecule has 0 atom stereocenters. The number of carbonyl (C=O) groups excluding carboxylic acids is 2. The topological polar surface area (TPSA) is 49.4 Å². The zero-order valence-corrected chi connectivity index (χ0v) is 14.8. The first-order valence-corrected chi connectivity index (χ1v) is 8.66. The van der Waals surface area contributed by atoms with Gasteiger partial charge in [0.15, 0.2) is 0 Å². The van der Waals surface area contributed by atoms with Crippen LogP contribution in [0, 0.1) is 30.3 Å². The number of benzene rings is 2. The number of halogens is 3. The molecule has 0 saturated carbocycles. The summed E-state index contributed by atoms with van der Waals surface area (Å²) in [6, 6.07) is 7.32. The number of anilines is 1. The van der Waals surface area contributed by atoms with Crippen molar-refractivity contribution >= 4 is 17.5 Å². The number of amides is 2. The standard InChI is InChI=1S/C20H19F3N2O2/c1-12-2-4-15(11-17(12)22)24-19(26)13-6-8-25(9-7-13)20(27)16-5-3-14(21)10-18(16)23/h2-5,10-11,13H,6-9H2,1H3,(H,24,26). The van der Waals surface area contributed by atoms with Gasteiger partial charge in [0.2, 0.25) is 5.91 Å². The second-order valence-electron chi connectivity index (χ2n) is 6.64. The van der Waals surface area contributed by atoms with Gasteiger partial charge >= 0.3 is 0 Å². The molecule has 0 unspecified atom stereocenters. The van der Waals surface area contributed by atoms with E-state index in [1.165, 1.54) is 11.0 Å². The molecule has 142 valence electrons. The van der Waals surface area contributed by atoms with Crippen LogP contribution >= 0.6 is 0 Å². The zero-order chi connectivity index (χ0) is 19.6. The number of hydrogen-bond acceptors (Lipinski definition) is 2. The lowest BCUT2D eigenvalue weighted by molar-refractivity contribution is -0.121. The molecule has 1 heterocycles. The molecule has 1 saturated heterocycles. The van der Waals surface area contributed by atoms with Crippen LogP contribution in [0.4, 0.5) is 18.9 Å². The van der Waals surface area contributed by atoms with E-state index in [1.807, 2.05) is 0 Å². The van der Waals surface area contributed by atoms with Gasteiger partial charge in [0.1, 0.15) is 17.5 Å². The van der Waals surface area contributed by atoms with Crippen molar-refractivity contribution in [1.29, 1.82) is 0 Å². The fourth-order valence-electron chi connectivity index (χ4n) is 3.09. The van der Waals surface area contributed by atoms with Gasteiger partial charge in [-0.1, -0.05) is 6.07 Å². The van der Waals surface area contributed by atoms with Crippen LogP contribution in [0.2, 0.25) is 0 Å². The van der Waals surface area contributed by atoms with Crippen molar-refractivity contribution in [2.45, 2.75) is 19.8 Å². The summed E-state index contributed by atoms with van der Waals surface area (Å²) < 4.78 is 40.3. The van der Waals surface area contributed by atoms with Crippen LogP contribution in [0.3, 0.4) is 0 Å². The molecule has 27 heavy (non-hydrogen) atoms. The van der Waals surface area contributed by atoms with Crippen LogP contribution in [0.15, 0.2) is 36.4 Å². The minimum atomic E-state index is -0.902. The molecule has 3 rings (SSSR count). The Bertz CT molecular complexity index is 878. The predicted molar refractivity (Wildman–Crippen MR) is 94.8 cm³/mol. The maximum Gasteiger partial charge on any atom is 0.256 e. The van der Waals surface area contributed by atoms with Crippen molar-refractivity contribution < 1.29 is 22.8 Å². The molecule has 1 N–H and O–H groups in total. The third-order valence-corrected chi connectivity index (χ3v) is 4.75. The summed E-state index contributed by atoms with van der Waals surface area (Å²) >= 11 is 0. The van der Waals surface area contributed by atoms with Crippen LogP contribution < -0.4 is 5.32 Å². The molecule has 1 aliphatic heterocycles. The van der Waals surface area contributed by atoms with Gasteiger partial charge in [0.25, 0.3) is 5.91 Å². The van der Waals surface area contributed by atoms with Crippen molar-refractivity contribution in [2.75, 3.05) is 18.4 Å². The van der Waals surface area contributed by atoms with Gasteiger partial charge in [0, 0.05) is 30.8 Å². The fourth-order valence-corrected chi connectivity index (χ4v) is 3.09. The highest BCUT2D eigenvalue weighted by atomic mass is 19.1. The van der Waals surface area contributed by atoms with Crippen molar-refractivity contribution in [3.63, 3.8) is 0 Å². The maximum absolute atomic E-state index is 13.8. The fraction of sp³-hybridized carbons (Fsp3) is 0.300. The molecule has 0 aromatic heterocycles. The molecule has 1 fully saturated rings. The molecule has 0 spiro atoms. The Hall–Kier alpha value is -2.83. The van der Waals surface area contributed by atoms with E-state index < -0.39 is 23.4 Å². The number of rotatable bonds is 3. The summed E-state index contributed by atoms with van der Waals surface area (Å²) in [6.45, 7) is 2.21. The summed E-state index contributed by atoms with van der Waals surface area (Å²) in [4.78, 5) is 26.2. The lowest BCUT2D eigenvalue weighted by Gasteiger charge is -2.31. The lowest BCUT2D eigenvalue weighted by atomic mass is 9.95. The van der Waals surface area contributed by atoms with E-state index >= 15 is 0 Å². The Morgan fingerprint density at radius 3 is 2.33 bits per heavy atom. The number of hydrogen-bond donors (Lipinski definition) is 1. The van der Waals surface area contributed by atoms with Crippen LogP contribution in [0.5, 0.6) is 0 Å². The monoisotopic (exact) mass is 376 g/mol. The van der Waals surface area contributed by atoms with Crippen molar-refractivity contribution in [1.82, 2.24) is 4.90 Å². The third-order valence-electron chi connectivity index (χ3n) is 4.75. The van der Waals surface area contributed by atoms with Gasteiger partial charge in [-0.25, -0.2) is 13.2 Å². The first-order valence-electron chi connectivity index (χ1n) is 8.66. The summed E-state index contributed by atoms with van der Waals surface area (Å²) in [7, 11) is 0. The highest BCUT2D eigenvalue weighted by Gasteiger charge is 2.29. The van der Waals surface area contributed by atoms with Gasteiger partial charge in [-0.15, -0.1) is 0 Å². The quantitative estimate of drug-likeness (QED) is 0.883. The normalized spacial score (nSPS) is 14.9. The zero-order valence-electron chi connectivity index (χ0n) is 14.8. The lowest BCUT2D eigenvalue weighted by Crippen LogP contribution is -2.41. The molecular formula is C20H19F3N2O2. The van der Waals surface area contributed by atoms with E-state index in [0.717, 1.165) is 12.1 Å². The van der Waals surface area contributed by atoms with E-state index in [4.69, 9.17) is 0 Å². The van der Waals surface area contributed by atoms with Crippen molar-refractivity contribution in [3.8, 4) is 0 Å². The third kappa shape index (κ3) is 4.30. The second-order valence-corrected chi connectivity index (χ2v) is 6.64. The van der Waals surface area contributed by atoms with Crippen LogP contribution in [0.25, 0.3) is 0 Å². The summed E-state index contributed by atoms with van der Waals surface area (Å²) in [5.74, 6) is -3.12. The first kappa shape index (κ1) is 18.9. The number of aryl methyl sites for hydroxylation is 1. The first-order chi connectivity index (χ1) is 12.8. The number of nitrogens with one attached hydrogen (secondary N) is 1. The summed E-state index contributed by atoms with van der Waals surface area (Å²) in [5, 5.41) is 2.69. The van der Waals surface area contributed by atoms with E-state index in [2.05, 4.69) is 5.32 Å². The molecule has 0 bridgehead atoms. The van der Waals surface area contributed by atoms with Crippen LogP contribution in [0.1, 0.15) is 28.8 Å². The average Bonchev–Trinajstić information content (AvgIpc) is 2.64. The molecular weight excluding hydrogens is 357 g/mol. The smallest absolute Gasteiger partial charge is 0.256 e. The Kier molecular flexibility index (Phi) is 5.48. The highest BCUT2D eigenvalue weighted by molar-refractivity contribution is 5.95. The number of likely N-dealkylation sites (tertiary alicyclic amines) is 1. The molecule has 0 aliphatic carbocycles. The van der Waals surface area contributed by atoms with E-state index in [0.29, 0.717) is 30.2 Å². The van der Waals surface area contributed by atoms with Crippen LogP contribution in [-0.4, -0.2) is 29.8 Å².